The minimum Gasteiger partial charge on any atom is -0.344 e. The van der Waals surface area contributed by atoms with Crippen LogP contribution in [0.1, 0.15) is 19.3 Å². The Morgan fingerprint density at radius 3 is 2.65 bits per heavy atom. The second-order valence-corrected chi connectivity index (χ2v) is 5.98. The Balaban J connectivity index is 1.96. The van der Waals surface area contributed by atoms with Crippen LogP contribution in [0.2, 0.25) is 10.0 Å². The van der Waals surface area contributed by atoms with Crippen molar-refractivity contribution in [2.45, 2.75) is 25.3 Å². The fraction of sp³-hybridized carbons (Fsp3) is 0.429. The number of nitrogens with one attached hydrogen (secondary N) is 1. The number of carbonyl (C=O) groups is 2. The Morgan fingerprint density at radius 2 is 1.95 bits per heavy atom. The molecule has 1 N–H and O–H groups in total. The van der Waals surface area contributed by atoms with Crippen LogP contribution in [0.5, 0.6) is 0 Å². The van der Waals surface area contributed by atoms with Gasteiger partial charge in [0.1, 0.15) is 6.04 Å². The second-order valence-electron chi connectivity index (χ2n) is 5.20. The van der Waals surface area contributed by atoms with E-state index in [2.05, 4.69) is 5.32 Å². The standard InChI is InChI=1S/C14H14Cl2N2O2/c15-9-2-1-3-10(12(9)16)18-7-6-11(19)17-13(14(18)20)8-4-5-8/h1-3,8,13H,4-7H2,(H,17,19). The van der Waals surface area contributed by atoms with Crippen LogP contribution in [0.4, 0.5) is 5.69 Å². The molecule has 1 aromatic carbocycles. The Hall–Kier alpha value is -1.26. The largest absolute Gasteiger partial charge is 0.344 e. The average molecular weight is 313 g/mol. The average Bonchev–Trinajstić information content (AvgIpc) is 3.24. The summed E-state index contributed by atoms with van der Waals surface area (Å²) in [6, 6.07) is 4.76. The highest BCUT2D eigenvalue weighted by Crippen LogP contribution is 2.37. The molecule has 106 valence electrons. The van der Waals surface area contributed by atoms with Crippen LogP contribution in [0, 0.1) is 5.92 Å². The van der Waals surface area contributed by atoms with Crippen molar-refractivity contribution >= 4 is 40.7 Å². The molecule has 1 unspecified atom stereocenters. The van der Waals surface area contributed by atoms with Gasteiger partial charge in [0.05, 0.1) is 15.7 Å². The molecule has 0 bridgehead atoms. The summed E-state index contributed by atoms with van der Waals surface area (Å²) in [5.74, 6) is 0.0726. The molecule has 1 saturated heterocycles. The van der Waals surface area contributed by atoms with E-state index in [4.69, 9.17) is 23.2 Å². The summed E-state index contributed by atoms with van der Waals surface area (Å²) < 4.78 is 0. The molecule has 2 aliphatic rings. The summed E-state index contributed by atoms with van der Waals surface area (Å²) in [4.78, 5) is 26.0. The minimum atomic E-state index is -0.431. The molecule has 1 saturated carbocycles. The second kappa shape index (κ2) is 5.26. The van der Waals surface area contributed by atoms with Gasteiger partial charge in [-0.05, 0) is 30.9 Å². The molecule has 1 atom stereocenters. The van der Waals surface area contributed by atoms with Crippen LogP contribution in [-0.4, -0.2) is 24.4 Å². The molecule has 0 radical (unpaired) electrons. The van der Waals surface area contributed by atoms with Crippen molar-refractivity contribution in [3.63, 3.8) is 0 Å². The van der Waals surface area contributed by atoms with Gasteiger partial charge in [-0.15, -0.1) is 0 Å². The molecular weight excluding hydrogens is 299 g/mol. The number of rotatable bonds is 2. The lowest BCUT2D eigenvalue weighted by Crippen LogP contribution is -2.46. The van der Waals surface area contributed by atoms with Gasteiger partial charge in [0, 0.05) is 13.0 Å². The molecule has 1 aromatic rings. The molecule has 2 fully saturated rings. The van der Waals surface area contributed by atoms with Gasteiger partial charge in [-0.1, -0.05) is 29.3 Å². The summed E-state index contributed by atoms with van der Waals surface area (Å²) >= 11 is 12.2. The summed E-state index contributed by atoms with van der Waals surface area (Å²) in [6.45, 7) is 0.327. The van der Waals surface area contributed by atoms with E-state index in [-0.39, 0.29) is 24.2 Å². The first-order chi connectivity index (χ1) is 9.58. The van der Waals surface area contributed by atoms with Crippen molar-refractivity contribution in [3.05, 3.63) is 28.2 Å². The molecule has 20 heavy (non-hydrogen) atoms. The molecule has 4 nitrogen and oxygen atoms in total. The molecule has 1 heterocycles. The van der Waals surface area contributed by atoms with Crippen LogP contribution < -0.4 is 10.2 Å². The Labute approximate surface area is 127 Å². The van der Waals surface area contributed by atoms with E-state index >= 15 is 0 Å². The Morgan fingerprint density at radius 1 is 1.20 bits per heavy atom. The lowest BCUT2D eigenvalue weighted by molar-refractivity contribution is -0.126. The lowest BCUT2D eigenvalue weighted by atomic mass is 10.1. The predicted molar refractivity (Wildman–Crippen MR) is 78.1 cm³/mol. The lowest BCUT2D eigenvalue weighted by Gasteiger charge is -2.25. The maximum Gasteiger partial charge on any atom is 0.249 e. The minimum absolute atomic E-state index is 0.0871. The first kappa shape index (κ1) is 13.7. The Bertz CT molecular complexity index is 572. The van der Waals surface area contributed by atoms with Crippen LogP contribution in [0.3, 0.4) is 0 Å². The maximum atomic E-state index is 12.6. The fourth-order valence-electron chi connectivity index (χ4n) is 2.49. The zero-order valence-electron chi connectivity index (χ0n) is 10.7. The molecule has 6 heteroatoms. The summed E-state index contributed by atoms with van der Waals surface area (Å²) in [5.41, 5.74) is 0.575. The zero-order valence-corrected chi connectivity index (χ0v) is 12.2. The Kier molecular flexibility index (Phi) is 3.61. The van der Waals surface area contributed by atoms with Gasteiger partial charge in [0.25, 0.3) is 0 Å². The van der Waals surface area contributed by atoms with Gasteiger partial charge in [-0.2, -0.15) is 0 Å². The van der Waals surface area contributed by atoms with Crippen molar-refractivity contribution in [2.75, 3.05) is 11.4 Å². The van der Waals surface area contributed by atoms with E-state index in [9.17, 15) is 9.59 Å². The van der Waals surface area contributed by atoms with Crippen LogP contribution in [-0.2, 0) is 9.59 Å². The number of carbonyl (C=O) groups excluding carboxylic acids is 2. The smallest absolute Gasteiger partial charge is 0.249 e. The fourth-order valence-corrected chi connectivity index (χ4v) is 2.89. The number of anilines is 1. The third kappa shape index (κ3) is 2.50. The maximum absolute atomic E-state index is 12.6. The molecule has 2 amide bonds. The highest BCUT2D eigenvalue weighted by Gasteiger charge is 2.41. The summed E-state index contributed by atoms with van der Waals surface area (Å²) in [6.07, 6.45) is 2.24. The van der Waals surface area contributed by atoms with E-state index in [1.54, 1.807) is 23.1 Å². The molecule has 0 spiro atoms. The van der Waals surface area contributed by atoms with Crippen LogP contribution in [0.15, 0.2) is 18.2 Å². The van der Waals surface area contributed by atoms with E-state index in [1.807, 2.05) is 0 Å². The number of nitrogens with zero attached hydrogens (tertiary/aromatic N) is 1. The zero-order chi connectivity index (χ0) is 14.3. The molecule has 1 aliphatic carbocycles. The quantitative estimate of drug-likeness (QED) is 0.912. The van der Waals surface area contributed by atoms with E-state index in [0.717, 1.165) is 12.8 Å². The van der Waals surface area contributed by atoms with E-state index < -0.39 is 6.04 Å². The number of hydrogen-bond donors (Lipinski definition) is 1. The highest BCUT2D eigenvalue weighted by molar-refractivity contribution is 6.44. The third-order valence-corrected chi connectivity index (χ3v) is 4.54. The molecule has 0 aromatic heterocycles. The van der Waals surface area contributed by atoms with E-state index in [1.165, 1.54) is 0 Å². The van der Waals surface area contributed by atoms with Crippen LogP contribution in [0.25, 0.3) is 0 Å². The van der Waals surface area contributed by atoms with Crippen molar-refractivity contribution in [1.29, 1.82) is 0 Å². The first-order valence-electron chi connectivity index (χ1n) is 6.62. The number of halogens is 2. The SMILES string of the molecule is O=C1CCN(c2cccc(Cl)c2Cl)C(=O)C(C2CC2)N1. The van der Waals surface area contributed by atoms with Crippen molar-refractivity contribution < 1.29 is 9.59 Å². The van der Waals surface area contributed by atoms with Crippen molar-refractivity contribution in [1.82, 2.24) is 5.32 Å². The van der Waals surface area contributed by atoms with Crippen LogP contribution >= 0.6 is 23.2 Å². The summed E-state index contributed by atoms with van der Waals surface area (Å²) in [7, 11) is 0. The number of amides is 2. The number of benzene rings is 1. The predicted octanol–water partition coefficient (Wildman–Crippen LogP) is 2.62. The highest BCUT2D eigenvalue weighted by atomic mass is 35.5. The number of hydrogen-bond acceptors (Lipinski definition) is 2. The molecular formula is C14H14Cl2N2O2. The topological polar surface area (TPSA) is 49.4 Å². The normalized spacial score (nSPS) is 23.5. The van der Waals surface area contributed by atoms with Crippen molar-refractivity contribution in [2.24, 2.45) is 5.92 Å². The summed E-state index contributed by atoms with van der Waals surface area (Å²) in [5, 5.41) is 3.58. The molecule has 3 rings (SSSR count). The van der Waals surface area contributed by atoms with Gasteiger partial charge in [0.2, 0.25) is 11.8 Å². The van der Waals surface area contributed by atoms with Gasteiger partial charge >= 0.3 is 0 Å². The third-order valence-electron chi connectivity index (χ3n) is 3.73. The van der Waals surface area contributed by atoms with Gasteiger partial charge in [-0.3, -0.25) is 9.59 Å². The van der Waals surface area contributed by atoms with Gasteiger partial charge in [-0.25, -0.2) is 0 Å². The van der Waals surface area contributed by atoms with Crippen molar-refractivity contribution in [3.8, 4) is 0 Å². The van der Waals surface area contributed by atoms with Gasteiger partial charge in [0.15, 0.2) is 0 Å². The molecule has 1 aliphatic heterocycles. The first-order valence-corrected chi connectivity index (χ1v) is 7.38. The van der Waals surface area contributed by atoms with Gasteiger partial charge < -0.3 is 10.2 Å². The van der Waals surface area contributed by atoms with E-state index in [0.29, 0.717) is 22.3 Å². The monoisotopic (exact) mass is 312 g/mol.